The van der Waals surface area contributed by atoms with Crippen LogP contribution in [0.2, 0.25) is 0 Å². The monoisotopic (exact) mass is 372 g/mol. The number of hydrogen-bond acceptors (Lipinski definition) is 5. The third-order valence-electron chi connectivity index (χ3n) is 2.45. The van der Waals surface area contributed by atoms with E-state index < -0.39 is 0 Å². The number of nitrogens with zero attached hydrogens (tertiary/aromatic N) is 4. The molecular formula is C12H13IN4O2. The lowest BCUT2D eigenvalue weighted by atomic mass is 10.2. The Morgan fingerprint density at radius 1 is 1.37 bits per heavy atom. The van der Waals surface area contributed by atoms with E-state index in [0.717, 1.165) is 9.99 Å². The Balaban J connectivity index is 1.96. The molecule has 0 bridgehead atoms. The fourth-order valence-electron chi connectivity index (χ4n) is 1.51. The number of tetrazole rings is 1. The van der Waals surface area contributed by atoms with Gasteiger partial charge in [-0.2, -0.15) is 0 Å². The van der Waals surface area contributed by atoms with Crippen molar-refractivity contribution in [1.29, 1.82) is 0 Å². The average Bonchev–Trinajstić information content (AvgIpc) is 2.85. The summed E-state index contributed by atoms with van der Waals surface area (Å²) in [5.41, 5.74) is 0.523. The normalized spacial score (nSPS) is 10.4. The lowest BCUT2D eigenvalue weighted by Gasteiger charge is -2.05. The summed E-state index contributed by atoms with van der Waals surface area (Å²) in [5, 5.41) is 11.2. The van der Waals surface area contributed by atoms with Crippen LogP contribution in [0.1, 0.15) is 29.5 Å². The zero-order valence-electron chi connectivity index (χ0n) is 10.4. The van der Waals surface area contributed by atoms with Gasteiger partial charge in [-0.3, -0.25) is 0 Å². The highest BCUT2D eigenvalue weighted by atomic mass is 127. The van der Waals surface area contributed by atoms with E-state index in [9.17, 15) is 4.79 Å². The Kier molecular flexibility index (Phi) is 4.83. The van der Waals surface area contributed by atoms with Crippen LogP contribution in [0.15, 0.2) is 24.3 Å². The van der Waals surface area contributed by atoms with Crippen LogP contribution in [-0.2, 0) is 17.9 Å². The van der Waals surface area contributed by atoms with E-state index in [2.05, 4.69) is 38.1 Å². The molecule has 6 nitrogen and oxygen atoms in total. The number of benzene rings is 1. The van der Waals surface area contributed by atoms with Crippen LogP contribution in [0.3, 0.4) is 0 Å². The Hall–Kier alpha value is -1.51. The molecule has 0 spiro atoms. The van der Waals surface area contributed by atoms with Crippen molar-refractivity contribution < 1.29 is 9.53 Å². The summed E-state index contributed by atoms with van der Waals surface area (Å²) in [7, 11) is 0. The van der Waals surface area contributed by atoms with Gasteiger partial charge in [0.15, 0.2) is 12.4 Å². The van der Waals surface area contributed by atoms with Gasteiger partial charge in [-0.15, -0.1) is 5.10 Å². The maximum absolute atomic E-state index is 11.8. The number of carbonyl (C=O) groups excluding carboxylic acids is 1. The van der Waals surface area contributed by atoms with Crippen LogP contribution < -0.4 is 0 Å². The lowest BCUT2D eigenvalue weighted by molar-refractivity contribution is 0.0456. The van der Waals surface area contributed by atoms with E-state index in [1.54, 1.807) is 16.8 Å². The number of hydrogen-bond donors (Lipinski definition) is 0. The van der Waals surface area contributed by atoms with Crippen LogP contribution in [0.4, 0.5) is 0 Å². The molecule has 0 radical (unpaired) electrons. The maximum Gasteiger partial charge on any atom is 0.338 e. The molecule has 2 rings (SSSR count). The maximum atomic E-state index is 11.8. The topological polar surface area (TPSA) is 69.9 Å². The van der Waals surface area contributed by atoms with Crippen LogP contribution in [0.5, 0.6) is 0 Å². The quantitative estimate of drug-likeness (QED) is 0.594. The molecule has 2 aromatic rings. The summed E-state index contributed by atoms with van der Waals surface area (Å²) in [6.45, 7) is 2.82. The highest BCUT2D eigenvalue weighted by Gasteiger charge is 2.11. The molecule has 0 aliphatic rings. The summed E-state index contributed by atoms with van der Waals surface area (Å²) in [4.78, 5) is 11.8. The van der Waals surface area contributed by atoms with Gasteiger partial charge in [0.05, 0.1) is 5.56 Å². The molecule has 0 aliphatic heterocycles. The minimum absolute atomic E-state index is 0.0812. The van der Waals surface area contributed by atoms with E-state index in [-0.39, 0.29) is 12.6 Å². The Morgan fingerprint density at radius 2 is 2.11 bits per heavy atom. The van der Waals surface area contributed by atoms with Gasteiger partial charge in [0.1, 0.15) is 0 Å². The Bertz CT molecular complexity index is 553. The van der Waals surface area contributed by atoms with Crippen molar-refractivity contribution in [3.63, 3.8) is 0 Å². The van der Waals surface area contributed by atoms with Crippen molar-refractivity contribution in [1.82, 2.24) is 20.2 Å². The van der Waals surface area contributed by atoms with E-state index >= 15 is 0 Å². The summed E-state index contributed by atoms with van der Waals surface area (Å²) >= 11 is 2.18. The number of aromatic nitrogens is 4. The molecule has 100 valence electrons. The third kappa shape index (κ3) is 3.72. The van der Waals surface area contributed by atoms with Crippen LogP contribution in [0.25, 0.3) is 0 Å². The summed E-state index contributed by atoms with van der Waals surface area (Å²) < 4.78 is 7.91. The minimum atomic E-state index is -0.373. The van der Waals surface area contributed by atoms with Crippen molar-refractivity contribution in [2.75, 3.05) is 0 Å². The lowest BCUT2D eigenvalue weighted by Crippen LogP contribution is -2.11. The second-order valence-corrected chi connectivity index (χ2v) is 5.15. The molecule has 7 heteroatoms. The molecule has 0 N–H and O–H groups in total. The number of halogens is 1. The molecule has 0 saturated heterocycles. The first-order chi connectivity index (χ1) is 9.20. The second-order valence-electron chi connectivity index (χ2n) is 3.90. The van der Waals surface area contributed by atoms with E-state index in [1.165, 1.54) is 0 Å². The second kappa shape index (κ2) is 6.60. The molecular weight excluding hydrogens is 359 g/mol. The standard InChI is InChI=1S/C12H13IN4O2/c1-2-7-17-11(14-15-16-17)8-19-12(18)9-3-5-10(13)6-4-9/h3-6H,2,7-8H2,1H3. The fraction of sp³-hybridized carbons (Fsp3) is 0.333. The molecule has 0 saturated carbocycles. The Labute approximate surface area is 124 Å². The first-order valence-corrected chi connectivity index (χ1v) is 6.96. The molecule has 1 aromatic carbocycles. The van der Waals surface area contributed by atoms with Crippen molar-refractivity contribution in [3.8, 4) is 0 Å². The smallest absolute Gasteiger partial charge is 0.338 e. The minimum Gasteiger partial charge on any atom is -0.454 e. The molecule has 0 amide bonds. The number of esters is 1. The van der Waals surface area contributed by atoms with Gasteiger partial charge in [-0.05, 0) is 63.7 Å². The van der Waals surface area contributed by atoms with Crippen molar-refractivity contribution in [2.45, 2.75) is 26.5 Å². The molecule has 0 atom stereocenters. The fourth-order valence-corrected chi connectivity index (χ4v) is 1.87. The molecule has 1 heterocycles. The summed E-state index contributed by atoms with van der Waals surface area (Å²) in [5.74, 6) is 0.183. The molecule has 0 aliphatic carbocycles. The van der Waals surface area contributed by atoms with Gasteiger partial charge < -0.3 is 4.74 Å². The highest BCUT2D eigenvalue weighted by Crippen LogP contribution is 2.09. The van der Waals surface area contributed by atoms with Crippen LogP contribution in [0, 0.1) is 3.57 Å². The number of rotatable bonds is 5. The van der Waals surface area contributed by atoms with Gasteiger partial charge >= 0.3 is 5.97 Å². The van der Waals surface area contributed by atoms with Gasteiger partial charge in [0, 0.05) is 10.1 Å². The molecule has 19 heavy (non-hydrogen) atoms. The predicted octanol–water partition coefficient (Wildman–Crippen LogP) is 2.04. The highest BCUT2D eigenvalue weighted by molar-refractivity contribution is 14.1. The SMILES string of the molecule is CCCn1nnnc1COC(=O)c1ccc(I)cc1. The van der Waals surface area contributed by atoms with Gasteiger partial charge in [-0.25, -0.2) is 9.48 Å². The summed E-state index contributed by atoms with van der Waals surface area (Å²) in [6, 6.07) is 7.19. The number of carbonyl (C=O) groups is 1. The average molecular weight is 372 g/mol. The number of ether oxygens (including phenoxy) is 1. The molecule has 0 unspecified atom stereocenters. The van der Waals surface area contributed by atoms with Crippen LogP contribution in [-0.4, -0.2) is 26.2 Å². The van der Waals surface area contributed by atoms with E-state index in [1.807, 2.05) is 19.1 Å². The first kappa shape index (κ1) is 13.9. The predicted molar refractivity (Wildman–Crippen MR) is 76.4 cm³/mol. The van der Waals surface area contributed by atoms with Gasteiger partial charge in [-0.1, -0.05) is 6.92 Å². The van der Waals surface area contributed by atoms with Crippen molar-refractivity contribution >= 4 is 28.6 Å². The van der Waals surface area contributed by atoms with Gasteiger partial charge in [0.25, 0.3) is 0 Å². The largest absolute Gasteiger partial charge is 0.454 e. The van der Waals surface area contributed by atoms with Crippen LogP contribution >= 0.6 is 22.6 Å². The van der Waals surface area contributed by atoms with E-state index in [0.29, 0.717) is 17.9 Å². The zero-order chi connectivity index (χ0) is 13.7. The Morgan fingerprint density at radius 3 is 2.79 bits per heavy atom. The summed E-state index contributed by atoms with van der Waals surface area (Å²) in [6.07, 6.45) is 0.920. The van der Waals surface area contributed by atoms with Crippen molar-refractivity contribution in [2.24, 2.45) is 0 Å². The molecule has 1 aromatic heterocycles. The third-order valence-corrected chi connectivity index (χ3v) is 3.17. The van der Waals surface area contributed by atoms with Gasteiger partial charge in [0.2, 0.25) is 0 Å². The molecule has 0 fully saturated rings. The van der Waals surface area contributed by atoms with E-state index in [4.69, 9.17) is 4.74 Å². The van der Waals surface area contributed by atoms with Crippen molar-refractivity contribution in [3.05, 3.63) is 39.2 Å². The number of aryl methyl sites for hydroxylation is 1. The first-order valence-electron chi connectivity index (χ1n) is 5.88. The zero-order valence-corrected chi connectivity index (χ0v) is 12.6.